The van der Waals surface area contributed by atoms with Gasteiger partial charge in [0.2, 0.25) is 5.91 Å². The molecule has 108 valence electrons. The van der Waals surface area contributed by atoms with Crippen molar-refractivity contribution in [2.24, 2.45) is 17.3 Å². The molecule has 0 spiro atoms. The van der Waals surface area contributed by atoms with Crippen molar-refractivity contribution in [2.75, 3.05) is 0 Å². The van der Waals surface area contributed by atoms with Gasteiger partial charge in [0.25, 0.3) is 0 Å². The van der Waals surface area contributed by atoms with Gasteiger partial charge in [0.15, 0.2) is 0 Å². The molecule has 0 saturated heterocycles. The molecule has 0 radical (unpaired) electrons. The van der Waals surface area contributed by atoms with E-state index in [1.165, 1.54) is 6.92 Å². The largest absolute Gasteiger partial charge is 0.393 e. The Labute approximate surface area is 115 Å². The zero-order valence-electron chi connectivity index (χ0n) is 12.3. The predicted molar refractivity (Wildman–Crippen MR) is 74.5 cm³/mol. The molecule has 5 unspecified atom stereocenters. The molecule has 0 bridgehead atoms. The standard InChI is InChI=1S/C15H25NO3/c1-6-7-9(2)16-14(19)12-8-13(18)10(3)15(12,5)11(4)17/h6,9-10,12-13,18H,1,7-8H2,2-5H3,(H,16,19). The minimum Gasteiger partial charge on any atom is -0.393 e. The van der Waals surface area contributed by atoms with E-state index in [1.807, 2.05) is 13.8 Å². The van der Waals surface area contributed by atoms with Gasteiger partial charge in [-0.1, -0.05) is 19.9 Å². The summed E-state index contributed by atoms with van der Waals surface area (Å²) in [6.45, 7) is 10.7. The number of carbonyl (C=O) groups excluding carboxylic acids is 2. The van der Waals surface area contributed by atoms with Crippen LogP contribution in [0.5, 0.6) is 0 Å². The minimum atomic E-state index is -0.780. The van der Waals surface area contributed by atoms with Crippen LogP contribution < -0.4 is 5.32 Å². The van der Waals surface area contributed by atoms with Crippen molar-refractivity contribution in [1.29, 1.82) is 0 Å². The molecular weight excluding hydrogens is 242 g/mol. The van der Waals surface area contributed by atoms with Crippen molar-refractivity contribution < 1.29 is 14.7 Å². The van der Waals surface area contributed by atoms with Crippen molar-refractivity contribution in [2.45, 2.75) is 52.7 Å². The topological polar surface area (TPSA) is 66.4 Å². The van der Waals surface area contributed by atoms with Gasteiger partial charge in [-0.15, -0.1) is 6.58 Å². The summed E-state index contributed by atoms with van der Waals surface area (Å²) in [5.74, 6) is -0.832. The number of rotatable bonds is 5. The van der Waals surface area contributed by atoms with Crippen LogP contribution in [0.4, 0.5) is 0 Å². The first-order valence-electron chi connectivity index (χ1n) is 6.85. The number of amides is 1. The summed E-state index contributed by atoms with van der Waals surface area (Å²) in [4.78, 5) is 24.3. The molecule has 1 rings (SSSR count). The van der Waals surface area contributed by atoms with Crippen LogP contribution >= 0.6 is 0 Å². The highest BCUT2D eigenvalue weighted by Gasteiger charge is 2.55. The summed E-state index contributed by atoms with van der Waals surface area (Å²) in [6.07, 6.45) is 2.19. The van der Waals surface area contributed by atoms with Crippen LogP contribution in [0.2, 0.25) is 0 Å². The number of aliphatic hydroxyl groups is 1. The van der Waals surface area contributed by atoms with Gasteiger partial charge in [-0.2, -0.15) is 0 Å². The third kappa shape index (κ3) is 2.89. The smallest absolute Gasteiger partial charge is 0.224 e. The minimum absolute atomic E-state index is 0.00532. The van der Waals surface area contributed by atoms with Crippen molar-refractivity contribution in [3.8, 4) is 0 Å². The monoisotopic (exact) mass is 267 g/mol. The molecule has 1 amide bonds. The number of carbonyl (C=O) groups is 2. The second kappa shape index (κ2) is 5.87. The molecule has 0 aromatic heterocycles. The highest BCUT2D eigenvalue weighted by molar-refractivity contribution is 5.91. The zero-order valence-corrected chi connectivity index (χ0v) is 12.3. The van der Waals surface area contributed by atoms with Gasteiger partial charge < -0.3 is 10.4 Å². The molecule has 0 aromatic rings. The molecule has 5 atom stereocenters. The van der Waals surface area contributed by atoms with Gasteiger partial charge in [-0.25, -0.2) is 0 Å². The molecule has 0 aromatic carbocycles. The third-order valence-corrected chi connectivity index (χ3v) is 4.71. The molecule has 1 aliphatic rings. The first kappa shape index (κ1) is 15.9. The number of hydrogen-bond donors (Lipinski definition) is 2. The van der Waals surface area contributed by atoms with E-state index in [-0.39, 0.29) is 23.7 Å². The van der Waals surface area contributed by atoms with E-state index in [9.17, 15) is 14.7 Å². The Bertz CT molecular complexity index is 380. The maximum Gasteiger partial charge on any atom is 0.224 e. The predicted octanol–water partition coefficient (Wildman–Crippen LogP) is 1.68. The van der Waals surface area contributed by atoms with Gasteiger partial charge in [-0.05, 0) is 32.6 Å². The van der Waals surface area contributed by atoms with Crippen LogP contribution in [-0.2, 0) is 9.59 Å². The number of nitrogens with one attached hydrogen (secondary N) is 1. The van der Waals surface area contributed by atoms with Crippen molar-refractivity contribution in [3.05, 3.63) is 12.7 Å². The van der Waals surface area contributed by atoms with Gasteiger partial charge in [0, 0.05) is 11.5 Å². The summed E-state index contributed by atoms with van der Waals surface area (Å²) >= 11 is 0. The fourth-order valence-corrected chi connectivity index (χ4v) is 3.01. The lowest BCUT2D eigenvalue weighted by Gasteiger charge is -2.32. The average Bonchev–Trinajstić information content (AvgIpc) is 2.55. The van der Waals surface area contributed by atoms with Crippen LogP contribution in [0, 0.1) is 17.3 Å². The molecular formula is C15H25NO3. The zero-order chi connectivity index (χ0) is 14.8. The van der Waals surface area contributed by atoms with Gasteiger partial charge in [0.1, 0.15) is 5.78 Å². The van der Waals surface area contributed by atoms with Gasteiger partial charge >= 0.3 is 0 Å². The Morgan fingerprint density at radius 1 is 1.58 bits per heavy atom. The van der Waals surface area contributed by atoms with Crippen LogP contribution in [-0.4, -0.2) is 28.9 Å². The van der Waals surface area contributed by atoms with Crippen molar-refractivity contribution >= 4 is 11.7 Å². The SMILES string of the molecule is C=CCC(C)NC(=O)C1CC(O)C(C)C1(C)C(C)=O. The molecule has 1 aliphatic carbocycles. The Morgan fingerprint density at radius 3 is 2.63 bits per heavy atom. The first-order valence-corrected chi connectivity index (χ1v) is 6.85. The Balaban J connectivity index is 2.89. The lowest BCUT2D eigenvalue weighted by atomic mass is 9.71. The average molecular weight is 267 g/mol. The maximum atomic E-state index is 12.3. The van der Waals surface area contributed by atoms with Gasteiger partial charge in [-0.3, -0.25) is 9.59 Å². The van der Waals surface area contributed by atoms with Crippen molar-refractivity contribution in [3.63, 3.8) is 0 Å². The van der Waals surface area contributed by atoms with Crippen LogP contribution in [0.15, 0.2) is 12.7 Å². The Kier molecular flexibility index (Phi) is 4.91. The molecule has 1 saturated carbocycles. The van der Waals surface area contributed by atoms with Crippen molar-refractivity contribution in [1.82, 2.24) is 5.32 Å². The van der Waals surface area contributed by atoms with Crippen LogP contribution in [0.1, 0.15) is 40.5 Å². The molecule has 4 nitrogen and oxygen atoms in total. The lowest BCUT2D eigenvalue weighted by Crippen LogP contribution is -2.46. The van der Waals surface area contributed by atoms with Gasteiger partial charge in [0.05, 0.1) is 12.0 Å². The molecule has 0 heterocycles. The van der Waals surface area contributed by atoms with E-state index in [1.54, 1.807) is 13.0 Å². The lowest BCUT2D eigenvalue weighted by molar-refractivity contribution is -0.139. The summed E-state index contributed by atoms with van der Waals surface area (Å²) < 4.78 is 0. The quantitative estimate of drug-likeness (QED) is 0.745. The van der Waals surface area contributed by atoms with Crippen LogP contribution in [0.3, 0.4) is 0 Å². The highest BCUT2D eigenvalue weighted by atomic mass is 16.3. The van der Waals surface area contributed by atoms with E-state index in [0.717, 1.165) is 0 Å². The second-order valence-electron chi connectivity index (χ2n) is 5.92. The first-order chi connectivity index (χ1) is 8.75. The number of Topliss-reactive ketones (excluding diaryl/α,β-unsaturated/α-hetero) is 1. The fraction of sp³-hybridized carbons (Fsp3) is 0.733. The second-order valence-corrected chi connectivity index (χ2v) is 5.92. The van der Waals surface area contributed by atoms with E-state index in [4.69, 9.17) is 0 Å². The van der Waals surface area contributed by atoms with Crippen LogP contribution in [0.25, 0.3) is 0 Å². The fourth-order valence-electron chi connectivity index (χ4n) is 3.01. The van der Waals surface area contributed by atoms with E-state index in [0.29, 0.717) is 12.8 Å². The van der Waals surface area contributed by atoms with E-state index in [2.05, 4.69) is 11.9 Å². The maximum absolute atomic E-state index is 12.3. The molecule has 1 fully saturated rings. The molecule has 19 heavy (non-hydrogen) atoms. The summed E-state index contributed by atoms with van der Waals surface area (Å²) in [7, 11) is 0. The number of hydrogen-bond acceptors (Lipinski definition) is 3. The molecule has 2 N–H and O–H groups in total. The Hall–Kier alpha value is -1.16. The molecule has 4 heteroatoms. The van der Waals surface area contributed by atoms with E-state index >= 15 is 0 Å². The summed E-state index contributed by atoms with van der Waals surface area (Å²) in [5.41, 5.74) is -0.780. The third-order valence-electron chi connectivity index (χ3n) is 4.71. The number of ketones is 1. The van der Waals surface area contributed by atoms with E-state index < -0.39 is 17.4 Å². The summed E-state index contributed by atoms with van der Waals surface area (Å²) in [5, 5.41) is 12.9. The Morgan fingerprint density at radius 2 is 2.16 bits per heavy atom. The number of aliphatic hydroxyl groups excluding tert-OH is 1. The highest BCUT2D eigenvalue weighted by Crippen LogP contribution is 2.48. The normalized spacial score (nSPS) is 35.7. The summed E-state index contributed by atoms with van der Waals surface area (Å²) in [6, 6.07) is -0.00532. The molecule has 0 aliphatic heterocycles.